The largest absolute Gasteiger partial charge is 0.508 e. The number of phenols is 1. The number of guanidine groups is 1. The van der Waals surface area contributed by atoms with Gasteiger partial charge >= 0.3 is 11.9 Å². The number of H-pyrrole nitrogens is 1. The molecule has 8 rings (SSSR count). The van der Waals surface area contributed by atoms with E-state index in [4.69, 9.17) is 29.2 Å². The fourth-order valence-corrected chi connectivity index (χ4v) is 10.00. The van der Waals surface area contributed by atoms with E-state index in [9.17, 15) is 54.9 Å². The number of fused-ring (bicyclic) bond motifs is 2. The Hall–Kier alpha value is -7.31. The summed E-state index contributed by atoms with van der Waals surface area (Å²) < 4.78 is 26.2. The third-order valence-electron chi connectivity index (χ3n) is 13.7. The van der Waals surface area contributed by atoms with Crippen LogP contribution in [0.4, 0.5) is 0 Å². The van der Waals surface area contributed by atoms with E-state index in [-0.39, 0.29) is 59.4 Å². The van der Waals surface area contributed by atoms with E-state index in [2.05, 4.69) is 20.6 Å². The fraction of sp³-hybridized carbons (Fsp3) is 0.415. The molecule has 400 valence electrons. The second kappa shape index (κ2) is 23.1. The highest BCUT2D eigenvalue weighted by Gasteiger charge is 2.72. The molecule has 2 aliphatic rings. The van der Waals surface area contributed by atoms with Gasteiger partial charge in [-0.2, -0.15) is 4.73 Å². The van der Waals surface area contributed by atoms with Gasteiger partial charge in [-0.1, -0.05) is 48.6 Å². The number of aldehydes is 1. The molecule has 8 atom stereocenters. The number of carboxylic acid groups (broad SMARTS) is 1. The topological polar surface area (TPSA) is 343 Å². The quantitative estimate of drug-likeness (QED) is 0.00939. The number of hydrogen-bond donors (Lipinski definition) is 11. The number of nitrogens with zero attached hydrogens (tertiary/aromatic N) is 2. The number of hydrogen-bond acceptors (Lipinski definition) is 17. The average molecular weight is 1040 g/mol. The van der Waals surface area contributed by atoms with Crippen LogP contribution >= 0.6 is 0 Å². The number of carboxylic acids is 1. The molecule has 22 nitrogen and oxygen atoms in total. The lowest BCUT2D eigenvalue weighted by Gasteiger charge is -2.57. The van der Waals surface area contributed by atoms with Gasteiger partial charge in [0.15, 0.2) is 28.7 Å². The summed E-state index contributed by atoms with van der Waals surface area (Å²) in [4.78, 5) is 66.2. The number of aromatic hydroxyl groups is 1. The lowest BCUT2D eigenvalue weighted by atomic mass is 9.68. The van der Waals surface area contributed by atoms with Crippen LogP contribution in [0.25, 0.3) is 44.3 Å². The molecule has 12 N–H and O–H groups in total. The molecule has 0 spiro atoms. The number of aliphatic imine (C=N–C) groups is 1. The molecule has 2 fully saturated rings. The van der Waals surface area contributed by atoms with Crippen molar-refractivity contribution in [2.75, 3.05) is 19.8 Å². The molecule has 1 saturated heterocycles. The lowest BCUT2D eigenvalue weighted by molar-refractivity contribution is -0.387. The van der Waals surface area contributed by atoms with Crippen LogP contribution in [0, 0.1) is 13.8 Å². The number of benzene rings is 3. The molecule has 0 bridgehead atoms. The molecule has 6 aromatic rings. The van der Waals surface area contributed by atoms with Crippen LogP contribution in [0.1, 0.15) is 62.5 Å². The van der Waals surface area contributed by atoms with Crippen molar-refractivity contribution in [2.45, 2.75) is 119 Å². The standard InChI is InChI=1S/C53H62N6O16/c1-29-22-30(2)24-33(23-29)43-41-32(17-19-56-41)26-59(43)75-46-50(72-36-15-16-37-39(25-36)71-27-38(44(37)65)31-11-13-35(63)14-12-31)73-45(52(69,28-62)53(46,70)40(64)10-6-20-60)47(58-51(54)57-34-8-4-3-5-9-34)74-49(68)42(48(66)67)55-18-7-21-61/h11-17,19,21-27,34,40,42,45-47,50,55-56,60,62-64,69-70H,3-10,18,20,28H2,1-2H3,(H,66,67)(H3,54,57,58)/t40-,42-,45+,46-,47+,50+,52+,53+/m1/s1. The molecule has 0 unspecified atom stereocenters. The molecule has 0 radical (unpaired) electrons. The second-order valence-corrected chi connectivity index (χ2v) is 19.0. The van der Waals surface area contributed by atoms with E-state index in [1.165, 1.54) is 41.3 Å². The fourth-order valence-electron chi connectivity index (χ4n) is 10.00. The van der Waals surface area contributed by atoms with Crippen LogP contribution in [-0.2, 0) is 23.9 Å². The van der Waals surface area contributed by atoms with Crippen molar-refractivity contribution in [3.05, 3.63) is 107 Å². The minimum absolute atomic E-state index is 0.00808. The Morgan fingerprint density at radius 3 is 2.43 bits per heavy atom. The first-order valence-electron chi connectivity index (χ1n) is 24.7. The monoisotopic (exact) mass is 1040 g/mol. The maximum Gasteiger partial charge on any atom is 0.336 e. The third kappa shape index (κ3) is 11.2. The number of carbonyl (C=O) groups excluding carboxylic acids is 2. The van der Waals surface area contributed by atoms with Crippen LogP contribution in [-0.4, -0.2) is 144 Å². The lowest BCUT2D eigenvalue weighted by Crippen LogP contribution is -2.83. The number of aromatic nitrogens is 2. The molecular formula is C53H62N6O16. The van der Waals surface area contributed by atoms with Crippen molar-refractivity contribution in [3.63, 3.8) is 0 Å². The van der Waals surface area contributed by atoms with Gasteiger partial charge in [0.25, 0.3) is 0 Å². The van der Waals surface area contributed by atoms with Crippen molar-refractivity contribution in [1.29, 1.82) is 0 Å². The summed E-state index contributed by atoms with van der Waals surface area (Å²) in [5.41, 5.74) is 3.68. The Labute approximate surface area is 429 Å². The number of aromatic amines is 1. The molecule has 22 heteroatoms. The zero-order valence-corrected chi connectivity index (χ0v) is 41.3. The van der Waals surface area contributed by atoms with Crippen LogP contribution < -0.4 is 31.4 Å². The Kier molecular flexibility index (Phi) is 16.6. The minimum atomic E-state index is -3.21. The number of aryl methyl sites for hydroxylation is 2. The van der Waals surface area contributed by atoms with Crippen molar-refractivity contribution >= 4 is 46.1 Å². The number of aliphatic hydroxyl groups excluding tert-OH is 3. The van der Waals surface area contributed by atoms with Gasteiger partial charge in [-0.15, -0.1) is 0 Å². The van der Waals surface area contributed by atoms with Gasteiger partial charge in [0.05, 0.1) is 41.4 Å². The predicted molar refractivity (Wildman–Crippen MR) is 271 cm³/mol. The molecule has 1 saturated carbocycles. The van der Waals surface area contributed by atoms with Gasteiger partial charge in [0.1, 0.15) is 35.3 Å². The van der Waals surface area contributed by atoms with Gasteiger partial charge in [0, 0.05) is 42.8 Å². The molecule has 75 heavy (non-hydrogen) atoms. The number of nitrogens with one attached hydrogen (secondary N) is 3. The van der Waals surface area contributed by atoms with Gasteiger partial charge < -0.3 is 80.0 Å². The maximum atomic E-state index is 14.1. The Balaban J connectivity index is 1.30. The summed E-state index contributed by atoms with van der Waals surface area (Å²) in [6, 6.07) is 15.1. The number of nitrogens with two attached hydrogens (primary N) is 1. The van der Waals surface area contributed by atoms with E-state index in [0.717, 1.165) is 30.4 Å². The molecule has 3 aromatic carbocycles. The van der Waals surface area contributed by atoms with Crippen molar-refractivity contribution in [3.8, 4) is 33.9 Å². The Morgan fingerprint density at radius 2 is 1.75 bits per heavy atom. The van der Waals surface area contributed by atoms with Crippen LogP contribution in [0.2, 0.25) is 0 Å². The van der Waals surface area contributed by atoms with Gasteiger partial charge in [-0.25, -0.2) is 9.59 Å². The molecule has 0 amide bonds. The summed E-state index contributed by atoms with van der Waals surface area (Å²) in [5.74, 6) is -3.72. The highest BCUT2D eigenvalue weighted by atomic mass is 16.8. The van der Waals surface area contributed by atoms with E-state index in [1.807, 2.05) is 32.0 Å². The van der Waals surface area contributed by atoms with Crippen LogP contribution in [0.5, 0.6) is 11.5 Å². The van der Waals surface area contributed by atoms with E-state index in [0.29, 0.717) is 46.9 Å². The van der Waals surface area contributed by atoms with Crippen molar-refractivity contribution in [2.24, 2.45) is 10.7 Å². The molecule has 3 aromatic heterocycles. The molecular weight excluding hydrogens is 977 g/mol. The normalized spacial score (nSPS) is 22.6. The maximum absolute atomic E-state index is 14.1. The zero-order valence-electron chi connectivity index (χ0n) is 41.3. The highest BCUT2D eigenvalue weighted by Crippen LogP contribution is 2.45. The minimum Gasteiger partial charge on any atom is -0.508 e. The van der Waals surface area contributed by atoms with Crippen molar-refractivity contribution < 1.29 is 73.6 Å². The summed E-state index contributed by atoms with van der Waals surface area (Å²) in [6.45, 7) is 1.55. The average Bonchev–Trinajstić information content (AvgIpc) is 3.98. The molecule has 1 aliphatic heterocycles. The van der Waals surface area contributed by atoms with E-state index in [1.54, 1.807) is 30.6 Å². The number of esters is 1. The predicted octanol–water partition coefficient (Wildman–Crippen LogP) is 2.66. The third-order valence-corrected chi connectivity index (χ3v) is 13.7. The van der Waals surface area contributed by atoms with Crippen molar-refractivity contribution in [1.82, 2.24) is 20.3 Å². The van der Waals surface area contributed by atoms with Gasteiger partial charge in [-0.3, -0.25) is 15.1 Å². The zero-order chi connectivity index (χ0) is 53.6. The van der Waals surface area contributed by atoms with Gasteiger partial charge in [0.2, 0.25) is 24.7 Å². The molecule has 4 heterocycles. The number of aliphatic hydroxyl groups is 5. The first-order chi connectivity index (χ1) is 36.0. The number of aliphatic carboxylic acids is 1. The van der Waals surface area contributed by atoms with E-state index < -0.39 is 85.1 Å². The second-order valence-electron chi connectivity index (χ2n) is 19.0. The van der Waals surface area contributed by atoms with E-state index >= 15 is 0 Å². The first-order valence-corrected chi connectivity index (χ1v) is 24.7. The SMILES string of the molecule is Cc1cc(C)cc(-c2c3[nH]ccc3cn2O[C@@H]2[C@@H](Oc3ccc4c(=O)c(-c5ccc(O)cc5)coc4c3)O[C@@H]([C@@H](NC(N)=NC3CCCCC3)OC(=O)[C@H](NCCC=O)C(=O)O)[C@@](O)(CO)[C@]2(O)[C@H](O)CCCO)c1. The van der Waals surface area contributed by atoms with Gasteiger partial charge in [-0.05, 0) is 87.6 Å². The van der Waals surface area contributed by atoms with Crippen LogP contribution in [0.3, 0.4) is 0 Å². The first kappa shape index (κ1) is 54.0. The highest BCUT2D eigenvalue weighted by molar-refractivity contribution is 5.98. The smallest absolute Gasteiger partial charge is 0.336 e. The Bertz CT molecular complexity index is 3060. The number of rotatable bonds is 21. The summed E-state index contributed by atoms with van der Waals surface area (Å²) in [7, 11) is 0. The number of phenolic OH excluding ortho intramolecular Hbond substituents is 1. The number of ether oxygens (including phenoxy) is 3. The molecule has 1 aliphatic carbocycles. The Morgan fingerprint density at radius 1 is 1.01 bits per heavy atom. The van der Waals surface area contributed by atoms with Crippen LogP contribution in [0.15, 0.2) is 99.6 Å². The summed E-state index contributed by atoms with van der Waals surface area (Å²) >= 11 is 0. The summed E-state index contributed by atoms with van der Waals surface area (Å²) in [6.07, 6.45) is -2.70. The summed E-state index contributed by atoms with van der Waals surface area (Å²) in [5, 5.41) is 86.7. The number of carbonyl (C=O) groups is 3.